The molecule has 2 aliphatic rings. The van der Waals surface area contributed by atoms with E-state index in [0.717, 1.165) is 38.2 Å². The summed E-state index contributed by atoms with van der Waals surface area (Å²) in [6.07, 6.45) is 3.67. The van der Waals surface area contributed by atoms with Gasteiger partial charge in [0.1, 0.15) is 6.54 Å². The summed E-state index contributed by atoms with van der Waals surface area (Å²) in [6.45, 7) is 1.28. The van der Waals surface area contributed by atoms with Crippen molar-refractivity contribution in [3.05, 3.63) is 25.7 Å². The predicted molar refractivity (Wildman–Crippen MR) is 90.5 cm³/mol. The summed E-state index contributed by atoms with van der Waals surface area (Å²) in [5.41, 5.74) is 0. The van der Waals surface area contributed by atoms with Crippen LogP contribution in [0.1, 0.15) is 17.7 Å². The number of hydrogen-bond donors (Lipinski definition) is 0. The Hall–Kier alpha value is -1.12. The van der Waals surface area contributed by atoms with E-state index in [1.54, 1.807) is 11.0 Å². The van der Waals surface area contributed by atoms with Crippen LogP contribution >= 0.6 is 39.0 Å². The first-order chi connectivity index (χ1) is 10.5. The van der Waals surface area contributed by atoms with Crippen molar-refractivity contribution in [2.24, 2.45) is 0 Å². The van der Waals surface area contributed by atoms with E-state index >= 15 is 0 Å². The number of hydrogen-bond acceptors (Lipinski definition) is 5. The SMILES string of the molecule is O=C(CN1C(=O)S/C(=C/c2ccc(Br)s2)C1=O)N1CCCC1. The van der Waals surface area contributed by atoms with Gasteiger partial charge in [-0.25, -0.2) is 0 Å². The van der Waals surface area contributed by atoms with Gasteiger partial charge in [0.15, 0.2) is 0 Å². The molecule has 1 aromatic rings. The Balaban J connectivity index is 1.71. The molecule has 2 saturated heterocycles. The summed E-state index contributed by atoms with van der Waals surface area (Å²) in [7, 11) is 0. The summed E-state index contributed by atoms with van der Waals surface area (Å²) in [5, 5.41) is -0.376. The van der Waals surface area contributed by atoms with Crippen LogP contribution in [0, 0.1) is 0 Å². The number of likely N-dealkylation sites (tertiary alicyclic amines) is 1. The second-order valence-electron chi connectivity index (χ2n) is 5.00. The minimum atomic E-state index is -0.382. The fraction of sp³-hybridized carbons (Fsp3) is 0.357. The number of amides is 3. The fourth-order valence-electron chi connectivity index (χ4n) is 2.37. The maximum Gasteiger partial charge on any atom is 0.294 e. The molecule has 8 heteroatoms. The number of imide groups is 1. The van der Waals surface area contributed by atoms with Gasteiger partial charge >= 0.3 is 0 Å². The third-order valence-electron chi connectivity index (χ3n) is 3.49. The fourth-order valence-corrected chi connectivity index (χ4v) is 4.64. The molecule has 3 rings (SSSR count). The maximum absolute atomic E-state index is 12.3. The van der Waals surface area contributed by atoms with E-state index in [9.17, 15) is 14.4 Å². The Kier molecular flexibility index (Phi) is 4.70. The Morgan fingerprint density at radius 1 is 1.27 bits per heavy atom. The third-order valence-corrected chi connectivity index (χ3v) is 5.97. The number of rotatable bonds is 3. The van der Waals surface area contributed by atoms with Crippen LogP contribution in [0.3, 0.4) is 0 Å². The van der Waals surface area contributed by atoms with Gasteiger partial charge in [-0.05, 0) is 58.7 Å². The lowest BCUT2D eigenvalue weighted by Crippen LogP contribution is -2.40. The number of halogens is 1. The first kappa shape index (κ1) is 15.8. The lowest BCUT2D eigenvalue weighted by atomic mass is 10.3. The zero-order chi connectivity index (χ0) is 15.7. The highest BCUT2D eigenvalue weighted by Crippen LogP contribution is 2.34. The van der Waals surface area contributed by atoms with E-state index in [1.807, 2.05) is 12.1 Å². The van der Waals surface area contributed by atoms with Crippen LogP contribution in [-0.4, -0.2) is 46.5 Å². The molecular formula is C14H13BrN2O3S2. The van der Waals surface area contributed by atoms with Gasteiger partial charge < -0.3 is 4.90 Å². The highest BCUT2D eigenvalue weighted by molar-refractivity contribution is 9.11. The average Bonchev–Trinajstić information content (AvgIpc) is 3.18. The lowest BCUT2D eigenvalue weighted by molar-refractivity contribution is -0.135. The van der Waals surface area contributed by atoms with Gasteiger partial charge in [0.05, 0.1) is 8.69 Å². The molecule has 0 spiro atoms. The molecule has 0 bridgehead atoms. The van der Waals surface area contributed by atoms with Crippen LogP contribution in [0.25, 0.3) is 6.08 Å². The van der Waals surface area contributed by atoms with Crippen LogP contribution < -0.4 is 0 Å². The zero-order valence-electron chi connectivity index (χ0n) is 11.6. The summed E-state index contributed by atoms with van der Waals surface area (Å²) in [4.78, 5) is 40.4. The van der Waals surface area contributed by atoms with Gasteiger partial charge in [-0.3, -0.25) is 19.3 Å². The van der Waals surface area contributed by atoms with Gasteiger partial charge in [-0.1, -0.05) is 0 Å². The predicted octanol–water partition coefficient (Wildman–Crippen LogP) is 3.17. The largest absolute Gasteiger partial charge is 0.341 e. The average molecular weight is 401 g/mol. The van der Waals surface area contributed by atoms with Crippen molar-refractivity contribution in [2.75, 3.05) is 19.6 Å². The van der Waals surface area contributed by atoms with Gasteiger partial charge in [0.2, 0.25) is 5.91 Å². The second-order valence-corrected chi connectivity index (χ2v) is 8.49. The highest BCUT2D eigenvalue weighted by atomic mass is 79.9. The third kappa shape index (κ3) is 3.28. The smallest absolute Gasteiger partial charge is 0.294 e. The van der Waals surface area contributed by atoms with Gasteiger partial charge in [0.25, 0.3) is 11.1 Å². The molecule has 1 aromatic heterocycles. The number of carbonyl (C=O) groups excluding carboxylic acids is 3. The van der Waals surface area contributed by atoms with Crippen LogP contribution in [-0.2, 0) is 9.59 Å². The molecule has 0 atom stereocenters. The summed E-state index contributed by atoms with van der Waals surface area (Å²) in [6, 6.07) is 3.76. The Morgan fingerprint density at radius 3 is 2.64 bits per heavy atom. The van der Waals surface area contributed by atoms with Crippen molar-refractivity contribution in [3.8, 4) is 0 Å². The van der Waals surface area contributed by atoms with E-state index in [4.69, 9.17) is 0 Å². The van der Waals surface area contributed by atoms with E-state index < -0.39 is 0 Å². The molecule has 0 aliphatic carbocycles. The van der Waals surface area contributed by atoms with E-state index in [0.29, 0.717) is 18.0 Å². The molecule has 0 unspecified atom stereocenters. The van der Waals surface area contributed by atoms with Crippen LogP contribution in [0.2, 0.25) is 0 Å². The van der Waals surface area contributed by atoms with Crippen molar-refractivity contribution in [1.29, 1.82) is 0 Å². The number of thiophene rings is 1. The first-order valence-corrected chi connectivity index (χ1v) is 9.25. The van der Waals surface area contributed by atoms with Crippen molar-refractivity contribution in [1.82, 2.24) is 9.80 Å². The maximum atomic E-state index is 12.3. The van der Waals surface area contributed by atoms with Crippen molar-refractivity contribution < 1.29 is 14.4 Å². The Morgan fingerprint density at radius 2 is 2.00 bits per heavy atom. The molecule has 116 valence electrons. The minimum Gasteiger partial charge on any atom is -0.341 e. The van der Waals surface area contributed by atoms with Crippen LogP contribution in [0.4, 0.5) is 4.79 Å². The lowest BCUT2D eigenvalue weighted by Gasteiger charge is -2.18. The Bertz CT molecular complexity index is 665. The van der Waals surface area contributed by atoms with E-state index in [1.165, 1.54) is 11.3 Å². The van der Waals surface area contributed by atoms with E-state index in [-0.39, 0.29) is 23.6 Å². The molecule has 2 fully saturated rings. The van der Waals surface area contributed by atoms with Crippen LogP contribution in [0.15, 0.2) is 20.8 Å². The molecule has 3 heterocycles. The number of thioether (sulfide) groups is 1. The van der Waals surface area contributed by atoms with Crippen molar-refractivity contribution >= 4 is 62.2 Å². The molecule has 2 aliphatic heterocycles. The van der Waals surface area contributed by atoms with Gasteiger partial charge in [0, 0.05) is 18.0 Å². The van der Waals surface area contributed by atoms with Crippen molar-refractivity contribution in [2.45, 2.75) is 12.8 Å². The van der Waals surface area contributed by atoms with E-state index in [2.05, 4.69) is 15.9 Å². The zero-order valence-corrected chi connectivity index (χ0v) is 14.8. The number of nitrogens with zero attached hydrogens (tertiary/aromatic N) is 2. The van der Waals surface area contributed by atoms with Crippen LogP contribution in [0.5, 0.6) is 0 Å². The standard InChI is InChI=1S/C14H13BrN2O3S2/c15-11-4-3-9(21-11)7-10-13(19)17(14(20)22-10)8-12(18)16-5-1-2-6-16/h3-4,7H,1-2,5-6,8H2/b10-7+. The topological polar surface area (TPSA) is 57.7 Å². The van der Waals surface area contributed by atoms with Gasteiger partial charge in [-0.2, -0.15) is 0 Å². The monoisotopic (exact) mass is 400 g/mol. The Labute approximate surface area is 144 Å². The minimum absolute atomic E-state index is 0.153. The summed E-state index contributed by atoms with van der Waals surface area (Å²) < 4.78 is 0.960. The molecule has 0 aromatic carbocycles. The van der Waals surface area contributed by atoms with Crippen molar-refractivity contribution in [3.63, 3.8) is 0 Å². The van der Waals surface area contributed by atoms with Gasteiger partial charge in [-0.15, -0.1) is 11.3 Å². The highest BCUT2D eigenvalue weighted by Gasteiger charge is 2.37. The molecule has 3 amide bonds. The first-order valence-electron chi connectivity index (χ1n) is 6.83. The molecular weight excluding hydrogens is 388 g/mol. The molecule has 22 heavy (non-hydrogen) atoms. The summed E-state index contributed by atoms with van der Waals surface area (Å²) >= 11 is 5.73. The molecule has 0 N–H and O–H groups in total. The molecule has 0 saturated carbocycles. The normalized spacial score (nSPS) is 20.5. The molecule has 5 nitrogen and oxygen atoms in total. The number of carbonyl (C=O) groups is 3. The summed E-state index contributed by atoms with van der Waals surface area (Å²) in [5.74, 6) is -0.535. The second kappa shape index (κ2) is 6.55. The molecule has 0 radical (unpaired) electrons. The quantitative estimate of drug-likeness (QED) is 0.731.